The third-order valence-electron chi connectivity index (χ3n) is 9.37. The van der Waals surface area contributed by atoms with Gasteiger partial charge in [0.25, 0.3) is 0 Å². The molecule has 0 saturated carbocycles. The van der Waals surface area contributed by atoms with Crippen molar-refractivity contribution in [3.8, 4) is 0 Å². The molecule has 9 N–H and O–H groups in total. The minimum atomic E-state index is -1.79. The smallest absolute Gasteiger partial charge is 0.220 e. The van der Waals surface area contributed by atoms with Crippen LogP contribution in [0.3, 0.4) is 0 Å². The molecular formula is C38H67NO13. The molecule has 1 amide bonds. The van der Waals surface area contributed by atoms with Gasteiger partial charge in [-0.1, -0.05) is 95.2 Å². The van der Waals surface area contributed by atoms with Gasteiger partial charge in [-0.3, -0.25) is 4.79 Å². The fourth-order valence-electron chi connectivity index (χ4n) is 6.05. The Morgan fingerprint density at radius 2 is 1.21 bits per heavy atom. The van der Waals surface area contributed by atoms with Crippen molar-refractivity contribution >= 4 is 5.91 Å². The highest BCUT2D eigenvalue weighted by Crippen LogP contribution is 2.29. The molecule has 14 nitrogen and oxygen atoms in total. The summed E-state index contributed by atoms with van der Waals surface area (Å²) in [5.74, 6) is -0.345. The van der Waals surface area contributed by atoms with Crippen LogP contribution in [0.5, 0.6) is 0 Å². The summed E-state index contributed by atoms with van der Waals surface area (Å²) in [4.78, 5) is 12.2. The molecule has 0 aromatic carbocycles. The first-order valence-electron chi connectivity index (χ1n) is 19.2. The molecular weight excluding hydrogens is 678 g/mol. The largest absolute Gasteiger partial charge is 0.394 e. The van der Waals surface area contributed by atoms with Crippen LogP contribution in [-0.4, -0.2) is 140 Å². The van der Waals surface area contributed by atoms with E-state index in [-0.39, 0.29) is 18.9 Å². The molecule has 2 saturated heterocycles. The van der Waals surface area contributed by atoms with Crippen LogP contribution in [0.2, 0.25) is 0 Å². The van der Waals surface area contributed by atoms with E-state index >= 15 is 0 Å². The second-order valence-corrected chi connectivity index (χ2v) is 13.6. The molecule has 0 spiro atoms. The number of hydrogen-bond acceptors (Lipinski definition) is 13. The molecule has 12 atom stereocenters. The monoisotopic (exact) mass is 745 g/mol. The van der Waals surface area contributed by atoms with E-state index in [9.17, 15) is 45.6 Å². The maximum absolute atomic E-state index is 12.2. The average molecular weight is 746 g/mol. The molecule has 2 rings (SSSR count). The van der Waals surface area contributed by atoms with E-state index in [0.717, 1.165) is 25.7 Å². The van der Waals surface area contributed by atoms with Gasteiger partial charge in [-0.05, 0) is 38.5 Å². The van der Waals surface area contributed by atoms with Crippen molar-refractivity contribution in [2.45, 2.75) is 177 Å². The molecule has 14 heteroatoms. The summed E-state index contributed by atoms with van der Waals surface area (Å²) in [6.07, 6.45) is 10.4. The van der Waals surface area contributed by atoms with Crippen LogP contribution in [0.15, 0.2) is 36.5 Å². The fourth-order valence-corrected chi connectivity index (χ4v) is 6.05. The average Bonchev–Trinajstić information content (AvgIpc) is 3.14. The van der Waals surface area contributed by atoms with Gasteiger partial charge in [0.1, 0.15) is 48.8 Å². The number of hydrogen-bond donors (Lipinski definition) is 9. The highest BCUT2D eigenvalue weighted by Gasteiger charge is 2.50. The number of aliphatic hydroxyl groups is 8. The van der Waals surface area contributed by atoms with E-state index in [4.69, 9.17) is 18.9 Å². The van der Waals surface area contributed by atoms with Gasteiger partial charge in [0.05, 0.1) is 32.0 Å². The summed E-state index contributed by atoms with van der Waals surface area (Å²) in [7, 11) is 0. The molecule has 0 radical (unpaired) electrons. The maximum Gasteiger partial charge on any atom is 0.220 e. The SMILES string of the molecule is CCCCCCCCCC/C=C/CC/C=C/CC/C=C/C(O)C(COC1OC(CO)C(OC2OC(CO)C(O)C(O)C2O)C(O)C1O)NC(=O)CC. The van der Waals surface area contributed by atoms with Crippen LogP contribution in [0.25, 0.3) is 0 Å². The topological polar surface area (TPSA) is 228 Å². The number of ether oxygens (including phenoxy) is 4. The number of nitrogens with one attached hydrogen (secondary N) is 1. The molecule has 0 aliphatic carbocycles. The van der Waals surface area contributed by atoms with Crippen molar-refractivity contribution in [2.24, 2.45) is 0 Å². The van der Waals surface area contributed by atoms with Crippen molar-refractivity contribution in [3.05, 3.63) is 36.5 Å². The van der Waals surface area contributed by atoms with Crippen LogP contribution in [-0.2, 0) is 23.7 Å². The normalized spacial score (nSPS) is 31.1. The number of carbonyl (C=O) groups is 1. The highest BCUT2D eigenvalue weighted by molar-refractivity contribution is 5.75. The zero-order valence-electron chi connectivity index (χ0n) is 31.0. The third-order valence-corrected chi connectivity index (χ3v) is 9.37. The minimum Gasteiger partial charge on any atom is -0.394 e. The van der Waals surface area contributed by atoms with E-state index < -0.39 is 86.8 Å². The van der Waals surface area contributed by atoms with Crippen LogP contribution in [0.4, 0.5) is 0 Å². The molecule has 2 fully saturated rings. The lowest BCUT2D eigenvalue weighted by molar-refractivity contribution is -0.359. The van der Waals surface area contributed by atoms with Crippen LogP contribution in [0, 0.1) is 0 Å². The highest BCUT2D eigenvalue weighted by atomic mass is 16.7. The third kappa shape index (κ3) is 16.3. The molecule has 2 heterocycles. The van der Waals surface area contributed by atoms with Gasteiger partial charge in [-0.15, -0.1) is 0 Å². The summed E-state index contributed by atoms with van der Waals surface area (Å²) in [6.45, 7) is 2.14. The zero-order chi connectivity index (χ0) is 38.3. The van der Waals surface area contributed by atoms with Crippen molar-refractivity contribution in [3.63, 3.8) is 0 Å². The number of allylic oxidation sites excluding steroid dienone is 5. The van der Waals surface area contributed by atoms with Crippen molar-refractivity contribution in [2.75, 3.05) is 19.8 Å². The van der Waals surface area contributed by atoms with Gasteiger partial charge in [-0.2, -0.15) is 0 Å². The lowest BCUT2D eigenvalue weighted by Crippen LogP contribution is -2.65. The number of unbranched alkanes of at least 4 members (excludes halogenated alkanes) is 10. The second-order valence-electron chi connectivity index (χ2n) is 13.6. The Labute approximate surface area is 309 Å². The van der Waals surface area contributed by atoms with Crippen LogP contribution in [0.1, 0.15) is 104 Å². The quantitative estimate of drug-likeness (QED) is 0.0454. The fraction of sp³-hybridized carbons (Fsp3) is 0.816. The molecule has 52 heavy (non-hydrogen) atoms. The Morgan fingerprint density at radius 3 is 1.81 bits per heavy atom. The minimum absolute atomic E-state index is 0.150. The lowest BCUT2D eigenvalue weighted by Gasteiger charge is -2.46. The number of rotatable bonds is 26. The van der Waals surface area contributed by atoms with Gasteiger partial charge >= 0.3 is 0 Å². The van der Waals surface area contributed by atoms with E-state index in [1.165, 1.54) is 51.4 Å². The molecule has 2 aliphatic heterocycles. The van der Waals surface area contributed by atoms with Gasteiger partial charge in [0, 0.05) is 6.42 Å². The second kappa shape index (κ2) is 26.9. The first-order valence-corrected chi connectivity index (χ1v) is 19.2. The Kier molecular flexibility index (Phi) is 24.0. The number of aliphatic hydroxyl groups excluding tert-OH is 8. The molecule has 0 bridgehead atoms. The number of amides is 1. The van der Waals surface area contributed by atoms with Crippen molar-refractivity contribution in [1.82, 2.24) is 5.32 Å². The predicted molar refractivity (Wildman–Crippen MR) is 194 cm³/mol. The number of carbonyl (C=O) groups excluding carboxylic acids is 1. The van der Waals surface area contributed by atoms with E-state index in [2.05, 4.69) is 36.5 Å². The summed E-state index contributed by atoms with van der Waals surface area (Å²) in [5.41, 5.74) is 0. The maximum atomic E-state index is 12.2. The predicted octanol–water partition coefficient (Wildman–Crippen LogP) is 1.64. The van der Waals surface area contributed by atoms with Crippen LogP contribution < -0.4 is 5.32 Å². The summed E-state index contributed by atoms with van der Waals surface area (Å²) in [6, 6.07) is -0.930. The standard InChI is InChI=1S/C38H67NO13/c1-3-5-6-7-8-9-10-11-12-13-14-15-16-17-18-19-20-21-22-27(42)26(39-30(43)4-2)25-49-37-35(48)33(46)36(29(24-41)51-37)52-38-34(47)32(45)31(44)28(23-40)50-38/h13-14,17-18,21-22,26-29,31-38,40-42,44-48H,3-12,15-16,19-20,23-25H2,1-2H3,(H,39,43)/b14-13+,18-17+,22-21+. The Balaban J connectivity index is 1.79. The Hall–Kier alpha value is -1.79. The molecule has 0 aromatic heterocycles. The van der Waals surface area contributed by atoms with E-state index in [1.54, 1.807) is 13.0 Å². The van der Waals surface area contributed by atoms with Crippen molar-refractivity contribution in [1.29, 1.82) is 0 Å². The molecule has 2 aliphatic rings. The van der Waals surface area contributed by atoms with E-state index in [0.29, 0.717) is 6.42 Å². The first-order chi connectivity index (χ1) is 25.1. The van der Waals surface area contributed by atoms with Gasteiger partial charge in [-0.25, -0.2) is 0 Å². The van der Waals surface area contributed by atoms with Crippen molar-refractivity contribution < 1.29 is 64.6 Å². The molecule has 12 unspecified atom stereocenters. The Morgan fingerprint density at radius 1 is 0.673 bits per heavy atom. The Bertz CT molecular complexity index is 1020. The van der Waals surface area contributed by atoms with E-state index in [1.807, 2.05) is 6.08 Å². The summed E-state index contributed by atoms with van der Waals surface area (Å²) < 4.78 is 22.2. The molecule has 0 aromatic rings. The summed E-state index contributed by atoms with van der Waals surface area (Å²) in [5, 5.41) is 85.0. The molecule has 302 valence electrons. The summed E-state index contributed by atoms with van der Waals surface area (Å²) >= 11 is 0. The van der Waals surface area contributed by atoms with Gasteiger partial charge in [0.2, 0.25) is 5.91 Å². The van der Waals surface area contributed by atoms with Crippen LogP contribution >= 0.6 is 0 Å². The first kappa shape index (κ1) is 46.4. The van der Waals surface area contributed by atoms with Gasteiger partial charge in [0.15, 0.2) is 12.6 Å². The zero-order valence-corrected chi connectivity index (χ0v) is 31.0. The lowest BCUT2D eigenvalue weighted by atomic mass is 9.97. The van der Waals surface area contributed by atoms with Gasteiger partial charge < -0.3 is 65.1 Å².